The van der Waals surface area contributed by atoms with Gasteiger partial charge < -0.3 is 5.32 Å². The maximum atomic E-state index is 5.82. The van der Waals surface area contributed by atoms with Gasteiger partial charge in [0.25, 0.3) is 0 Å². The molecule has 1 aliphatic rings. The van der Waals surface area contributed by atoms with Crippen LogP contribution in [-0.4, -0.2) is 21.4 Å². The van der Waals surface area contributed by atoms with Gasteiger partial charge in [-0.2, -0.15) is 0 Å². The Bertz CT molecular complexity index is 204. The summed E-state index contributed by atoms with van der Waals surface area (Å²) in [6.45, 7) is 3.05. The average Bonchev–Trinajstić information content (AvgIpc) is 1.98. The van der Waals surface area contributed by atoms with Crippen LogP contribution in [0.25, 0.3) is 0 Å². The van der Waals surface area contributed by atoms with Gasteiger partial charge in [0.1, 0.15) is 7.85 Å². The summed E-state index contributed by atoms with van der Waals surface area (Å²) in [4.78, 5) is 0. The van der Waals surface area contributed by atoms with Crippen molar-refractivity contribution in [1.29, 1.82) is 0 Å². The number of hydrogen-bond acceptors (Lipinski definition) is 1. The Morgan fingerprint density at radius 1 is 1.55 bits per heavy atom. The molecule has 11 heavy (non-hydrogen) atoms. The number of hydrogen-bond donors (Lipinski definition) is 1. The van der Waals surface area contributed by atoms with Crippen LogP contribution in [0.3, 0.4) is 0 Å². The van der Waals surface area contributed by atoms with Crippen molar-refractivity contribution in [2.24, 2.45) is 0 Å². The summed E-state index contributed by atoms with van der Waals surface area (Å²) in [5.41, 5.74) is 3.74. The Morgan fingerprint density at radius 2 is 2.27 bits per heavy atom. The summed E-state index contributed by atoms with van der Waals surface area (Å²) in [5.74, 6) is 0. The third-order valence-electron chi connectivity index (χ3n) is 1.99. The minimum atomic E-state index is 0.892. The molecule has 0 heterocycles. The van der Waals surface area contributed by atoms with Gasteiger partial charge in [-0.05, 0) is 32.4 Å². The Balaban J connectivity index is 2.71. The third kappa shape index (κ3) is 2.23. The quantitative estimate of drug-likeness (QED) is 0.581. The fraction of sp³-hybridized carbons (Fsp3) is 0.556. The lowest BCUT2D eigenvalue weighted by Crippen LogP contribution is -2.13. The monoisotopic (exact) mass is 147 g/mol. The normalized spacial score (nSPS) is 18.5. The van der Waals surface area contributed by atoms with E-state index < -0.39 is 0 Å². The van der Waals surface area contributed by atoms with Gasteiger partial charge in [0.2, 0.25) is 0 Å². The van der Waals surface area contributed by atoms with E-state index in [-0.39, 0.29) is 0 Å². The van der Waals surface area contributed by atoms with Gasteiger partial charge in [-0.15, -0.1) is 5.47 Å². The highest BCUT2D eigenvalue weighted by atomic mass is 14.8. The van der Waals surface area contributed by atoms with Crippen molar-refractivity contribution >= 4 is 7.85 Å². The van der Waals surface area contributed by atoms with E-state index in [1.807, 2.05) is 7.05 Å². The number of likely N-dealkylation sites (N-methyl/N-ethyl adjacent to an activating group) is 1. The molecule has 2 heteroatoms. The summed E-state index contributed by atoms with van der Waals surface area (Å²) >= 11 is 0. The molecule has 1 N–H and O–H groups in total. The first-order valence-corrected chi connectivity index (χ1v) is 4.03. The lowest BCUT2D eigenvalue weighted by atomic mass is 9.81. The molecule has 0 fully saturated rings. The fourth-order valence-corrected chi connectivity index (χ4v) is 1.31. The SMILES string of the molecule is [B]C1=C(CNC)C=C(C)CC1. The topological polar surface area (TPSA) is 12.0 Å². The zero-order valence-corrected chi connectivity index (χ0v) is 7.28. The summed E-state index contributed by atoms with van der Waals surface area (Å²) in [6.07, 6.45) is 4.34. The van der Waals surface area contributed by atoms with Crippen LogP contribution < -0.4 is 5.32 Å². The molecule has 0 unspecified atom stereocenters. The van der Waals surface area contributed by atoms with Gasteiger partial charge in [-0.3, -0.25) is 0 Å². The van der Waals surface area contributed by atoms with Crippen molar-refractivity contribution < 1.29 is 0 Å². The summed E-state index contributed by atoms with van der Waals surface area (Å²) in [6, 6.07) is 0. The zero-order valence-electron chi connectivity index (χ0n) is 7.28. The minimum Gasteiger partial charge on any atom is -0.316 e. The zero-order chi connectivity index (χ0) is 8.27. The van der Waals surface area contributed by atoms with Crippen LogP contribution in [0.15, 0.2) is 22.7 Å². The highest BCUT2D eigenvalue weighted by Crippen LogP contribution is 2.20. The molecule has 0 amide bonds. The molecule has 0 atom stereocenters. The van der Waals surface area contributed by atoms with Gasteiger partial charge in [-0.1, -0.05) is 11.6 Å². The Kier molecular flexibility index (Phi) is 2.95. The Hall–Kier alpha value is -0.495. The van der Waals surface area contributed by atoms with Crippen LogP contribution in [0, 0.1) is 0 Å². The lowest BCUT2D eigenvalue weighted by molar-refractivity contribution is 0.851. The number of nitrogens with one attached hydrogen (secondary N) is 1. The standard InChI is InChI=1S/C9H14BN/c1-7-3-4-9(10)8(5-7)6-11-2/h5,11H,3-4,6H2,1-2H3. The molecule has 0 spiro atoms. The van der Waals surface area contributed by atoms with Gasteiger partial charge in [0, 0.05) is 6.54 Å². The molecule has 0 aromatic heterocycles. The highest BCUT2D eigenvalue weighted by Gasteiger charge is 2.05. The highest BCUT2D eigenvalue weighted by molar-refractivity contribution is 6.22. The van der Waals surface area contributed by atoms with E-state index in [0.29, 0.717) is 0 Å². The largest absolute Gasteiger partial charge is 0.316 e. The molecule has 1 rings (SSSR count). The van der Waals surface area contributed by atoms with Crippen LogP contribution in [-0.2, 0) is 0 Å². The van der Waals surface area contributed by atoms with Crippen molar-refractivity contribution in [2.45, 2.75) is 19.8 Å². The van der Waals surface area contributed by atoms with Crippen LogP contribution >= 0.6 is 0 Å². The number of allylic oxidation sites excluding steroid dienone is 2. The van der Waals surface area contributed by atoms with Crippen LogP contribution in [0.4, 0.5) is 0 Å². The van der Waals surface area contributed by atoms with E-state index in [1.54, 1.807) is 0 Å². The summed E-state index contributed by atoms with van der Waals surface area (Å²) in [7, 11) is 7.76. The molecule has 0 saturated heterocycles. The van der Waals surface area contributed by atoms with E-state index in [4.69, 9.17) is 7.85 Å². The maximum Gasteiger partial charge on any atom is 0.108 e. The molecule has 0 saturated carbocycles. The third-order valence-corrected chi connectivity index (χ3v) is 1.99. The molecule has 1 aliphatic carbocycles. The van der Waals surface area contributed by atoms with Crippen molar-refractivity contribution in [3.8, 4) is 0 Å². The second-order valence-electron chi connectivity index (χ2n) is 3.07. The second-order valence-corrected chi connectivity index (χ2v) is 3.07. The molecule has 2 radical (unpaired) electrons. The van der Waals surface area contributed by atoms with E-state index in [0.717, 1.165) is 24.9 Å². The fourth-order valence-electron chi connectivity index (χ4n) is 1.31. The van der Waals surface area contributed by atoms with E-state index in [2.05, 4.69) is 18.3 Å². The Morgan fingerprint density at radius 3 is 2.91 bits per heavy atom. The van der Waals surface area contributed by atoms with Crippen molar-refractivity contribution in [2.75, 3.05) is 13.6 Å². The first-order chi connectivity index (χ1) is 5.24. The smallest absolute Gasteiger partial charge is 0.108 e. The Labute approximate surface area is 70.0 Å². The molecule has 0 aromatic carbocycles. The first kappa shape index (κ1) is 8.60. The number of rotatable bonds is 2. The molecular formula is C9H14BN. The van der Waals surface area contributed by atoms with Gasteiger partial charge in [0.05, 0.1) is 0 Å². The first-order valence-electron chi connectivity index (χ1n) is 4.03. The molecule has 58 valence electrons. The summed E-state index contributed by atoms with van der Waals surface area (Å²) < 4.78 is 0. The van der Waals surface area contributed by atoms with Crippen LogP contribution in [0.1, 0.15) is 19.8 Å². The van der Waals surface area contributed by atoms with E-state index >= 15 is 0 Å². The maximum absolute atomic E-state index is 5.82. The second kappa shape index (κ2) is 3.77. The minimum absolute atomic E-state index is 0.892. The van der Waals surface area contributed by atoms with E-state index in [9.17, 15) is 0 Å². The van der Waals surface area contributed by atoms with E-state index in [1.165, 1.54) is 11.1 Å². The summed E-state index contributed by atoms with van der Waals surface area (Å²) in [5, 5.41) is 3.11. The van der Waals surface area contributed by atoms with Crippen molar-refractivity contribution in [3.05, 3.63) is 22.7 Å². The molecule has 0 aliphatic heterocycles. The van der Waals surface area contributed by atoms with Gasteiger partial charge >= 0.3 is 0 Å². The molecule has 0 bridgehead atoms. The average molecular weight is 147 g/mol. The molecule has 1 nitrogen and oxygen atoms in total. The van der Waals surface area contributed by atoms with Crippen molar-refractivity contribution in [1.82, 2.24) is 5.32 Å². The predicted octanol–water partition coefficient (Wildman–Crippen LogP) is 1.37. The van der Waals surface area contributed by atoms with Crippen LogP contribution in [0.5, 0.6) is 0 Å². The lowest BCUT2D eigenvalue weighted by Gasteiger charge is -2.15. The molecular weight excluding hydrogens is 133 g/mol. The predicted molar refractivity (Wildman–Crippen MR) is 49.7 cm³/mol. The van der Waals surface area contributed by atoms with Crippen molar-refractivity contribution in [3.63, 3.8) is 0 Å². The van der Waals surface area contributed by atoms with Gasteiger partial charge in [-0.25, -0.2) is 0 Å². The van der Waals surface area contributed by atoms with Gasteiger partial charge in [0.15, 0.2) is 0 Å². The van der Waals surface area contributed by atoms with Crippen LogP contribution in [0.2, 0.25) is 0 Å². The molecule has 0 aromatic rings.